The van der Waals surface area contributed by atoms with E-state index in [1.54, 1.807) is 7.11 Å². The summed E-state index contributed by atoms with van der Waals surface area (Å²) in [6, 6.07) is 8.47. The quantitative estimate of drug-likeness (QED) is 0.845. The fourth-order valence-corrected chi connectivity index (χ4v) is 3.36. The summed E-state index contributed by atoms with van der Waals surface area (Å²) < 4.78 is 13.5. The molecule has 0 amide bonds. The average Bonchev–Trinajstić information content (AvgIpc) is 2.85. The van der Waals surface area contributed by atoms with Crippen LogP contribution in [0, 0.1) is 20.8 Å². The summed E-state index contributed by atoms with van der Waals surface area (Å²) >= 11 is 0. The average molecular weight is 329 g/mol. The zero-order valence-corrected chi connectivity index (χ0v) is 15.1. The Hall–Kier alpha value is -1.85. The topological polar surface area (TPSA) is 39.5 Å². The van der Waals surface area contributed by atoms with Crippen LogP contribution in [0.5, 0.6) is 5.75 Å². The van der Waals surface area contributed by atoms with Crippen molar-refractivity contribution in [2.45, 2.75) is 40.0 Å². The molecule has 5 nitrogen and oxygen atoms in total. The van der Waals surface area contributed by atoms with E-state index in [-0.39, 0.29) is 6.10 Å². The third-order valence-electron chi connectivity index (χ3n) is 4.53. The van der Waals surface area contributed by atoms with Crippen LogP contribution in [0.25, 0.3) is 0 Å². The first-order valence-electron chi connectivity index (χ1n) is 8.53. The monoisotopic (exact) mass is 329 g/mol. The van der Waals surface area contributed by atoms with E-state index in [9.17, 15) is 0 Å². The second-order valence-electron chi connectivity index (χ2n) is 6.65. The van der Waals surface area contributed by atoms with Gasteiger partial charge in [-0.05, 0) is 32.9 Å². The van der Waals surface area contributed by atoms with Gasteiger partial charge in [-0.1, -0.05) is 17.7 Å². The van der Waals surface area contributed by atoms with Crippen LogP contribution in [0.4, 0.5) is 0 Å². The Morgan fingerprint density at radius 2 is 2.08 bits per heavy atom. The molecule has 24 heavy (non-hydrogen) atoms. The fraction of sp³-hybridized carbons (Fsp3) is 0.526. The predicted molar refractivity (Wildman–Crippen MR) is 94.4 cm³/mol. The maximum atomic E-state index is 5.96. The summed E-state index contributed by atoms with van der Waals surface area (Å²) in [5, 5.41) is 4.55. The largest absolute Gasteiger partial charge is 0.496 e. The molecule has 5 heteroatoms. The third kappa shape index (κ3) is 3.97. The van der Waals surface area contributed by atoms with Crippen LogP contribution in [0.15, 0.2) is 24.3 Å². The van der Waals surface area contributed by atoms with Crippen LogP contribution in [0.2, 0.25) is 0 Å². The second kappa shape index (κ2) is 7.36. The van der Waals surface area contributed by atoms with Crippen LogP contribution >= 0.6 is 0 Å². The number of morpholine rings is 1. The molecule has 2 heterocycles. The van der Waals surface area contributed by atoms with Crippen molar-refractivity contribution in [2.75, 3.05) is 26.8 Å². The highest BCUT2D eigenvalue weighted by Gasteiger charge is 2.22. The fourth-order valence-electron chi connectivity index (χ4n) is 3.36. The van der Waals surface area contributed by atoms with Crippen molar-refractivity contribution in [1.29, 1.82) is 0 Å². The van der Waals surface area contributed by atoms with Crippen molar-refractivity contribution in [3.63, 3.8) is 0 Å². The highest BCUT2D eigenvalue weighted by atomic mass is 16.5. The van der Waals surface area contributed by atoms with E-state index < -0.39 is 0 Å². The molecule has 1 aromatic heterocycles. The standard InChI is InChI=1S/C19H27N3O2/c1-14-5-6-19(23-4)17(9-14)11-21-7-8-24-18(12-21)13-22-16(3)10-15(2)20-22/h5-6,9-10,18H,7-8,11-13H2,1-4H3. The second-order valence-corrected chi connectivity index (χ2v) is 6.65. The normalized spacial score (nSPS) is 18.8. The van der Waals surface area contributed by atoms with Gasteiger partial charge in [-0.3, -0.25) is 9.58 Å². The van der Waals surface area contributed by atoms with Gasteiger partial charge in [-0.25, -0.2) is 0 Å². The summed E-state index contributed by atoms with van der Waals surface area (Å²) in [4.78, 5) is 2.44. The van der Waals surface area contributed by atoms with E-state index >= 15 is 0 Å². The van der Waals surface area contributed by atoms with Crippen LogP contribution < -0.4 is 4.74 Å². The summed E-state index contributed by atoms with van der Waals surface area (Å²) in [5.74, 6) is 0.960. The first-order chi connectivity index (χ1) is 11.5. The van der Waals surface area contributed by atoms with Crippen LogP contribution in [-0.2, 0) is 17.8 Å². The van der Waals surface area contributed by atoms with Gasteiger partial charge < -0.3 is 9.47 Å². The van der Waals surface area contributed by atoms with E-state index in [0.29, 0.717) is 0 Å². The van der Waals surface area contributed by atoms with E-state index in [1.807, 2.05) is 6.92 Å². The molecule has 0 saturated carbocycles. The van der Waals surface area contributed by atoms with Crippen molar-refractivity contribution in [1.82, 2.24) is 14.7 Å². The summed E-state index contributed by atoms with van der Waals surface area (Å²) in [7, 11) is 1.74. The molecule has 1 atom stereocenters. The minimum absolute atomic E-state index is 0.174. The van der Waals surface area contributed by atoms with Crippen molar-refractivity contribution < 1.29 is 9.47 Å². The Kier molecular flexibility index (Phi) is 5.21. The Bertz CT molecular complexity index is 696. The molecular formula is C19H27N3O2. The lowest BCUT2D eigenvalue weighted by atomic mass is 10.1. The molecule has 0 aliphatic carbocycles. The Morgan fingerprint density at radius 1 is 1.25 bits per heavy atom. The van der Waals surface area contributed by atoms with E-state index in [1.165, 1.54) is 16.8 Å². The van der Waals surface area contributed by atoms with Gasteiger partial charge in [0.05, 0.1) is 32.1 Å². The van der Waals surface area contributed by atoms with Gasteiger partial charge in [0, 0.05) is 30.9 Å². The number of hydrogen-bond acceptors (Lipinski definition) is 4. The van der Waals surface area contributed by atoms with Gasteiger partial charge in [-0.2, -0.15) is 5.10 Å². The molecular weight excluding hydrogens is 302 g/mol. The zero-order chi connectivity index (χ0) is 17.1. The number of aromatic nitrogens is 2. The Labute approximate surface area is 144 Å². The van der Waals surface area contributed by atoms with E-state index in [4.69, 9.17) is 9.47 Å². The third-order valence-corrected chi connectivity index (χ3v) is 4.53. The molecule has 1 aromatic carbocycles. The summed E-state index contributed by atoms with van der Waals surface area (Å²) in [6.07, 6.45) is 0.174. The van der Waals surface area contributed by atoms with Gasteiger partial charge in [0.25, 0.3) is 0 Å². The highest BCUT2D eigenvalue weighted by Crippen LogP contribution is 2.22. The first-order valence-corrected chi connectivity index (χ1v) is 8.53. The number of ether oxygens (including phenoxy) is 2. The molecule has 0 bridgehead atoms. The summed E-state index contributed by atoms with van der Waals surface area (Å²) in [5.41, 5.74) is 4.75. The van der Waals surface area contributed by atoms with Crippen molar-refractivity contribution in [2.24, 2.45) is 0 Å². The van der Waals surface area contributed by atoms with Crippen LogP contribution in [-0.4, -0.2) is 47.6 Å². The number of hydrogen-bond donors (Lipinski definition) is 0. The van der Waals surface area contributed by atoms with Gasteiger partial charge >= 0.3 is 0 Å². The number of methoxy groups -OCH3 is 1. The Balaban J connectivity index is 1.65. The number of rotatable bonds is 5. The maximum Gasteiger partial charge on any atom is 0.123 e. The number of nitrogens with zero attached hydrogens (tertiary/aromatic N) is 3. The minimum atomic E-state index is 0.174. The first kappa shape index (κ1) is 17.0. The molecule has 1 saturated heterocycles. The maximum absolute atomic E-state index is 5.96. The van der Waals surface area contributed by atoms with Crippen molar-refractivity contribution in [3.8, 4) is 5.75 Å². The highest BCUT2D eigenvalue weighted by molar-refractivity contribution is 5.36. The molecule has 0 N–H and O–H groups in total. The smallest absolute Gasteiger partial charge is 0.123 e. The van der Waals surface area contributed by atoms with Gasteiger partial charge in [-0.15, -0.1) is 0 Å². The number of aryl methyl sites for hydroxylation is 3. The molecule has 3 rings (SSSR count). The van der Waals surface area contributed by atoms with Gasteiger partial charge in [0.1, 0.15) is 5.75 Å². The van der Waals surface area contributed by atoms with E-state index in [0.717, 1.165) is 44.2 Å². The molecule has 0 radical (unpaired) electrons. The lowest BCUT2D eigenvalue weighted by Crippen LogP contribution is -2.44. The van der Waals surface area contributed by atoms with E-state index in [2.05, 4.69) is 52.8 Å². The summed E-state index contributed by atoms with van der Waals surface area (Å²) in [6.45, 7) is 10.6. The molecule has 0 spiro atoms. The lowest BCUT2D eigenvalue weighted by molar-refractivity contribution is -0.0406. The molecule has 1 aliphatic heterocycles. The number of benzene rings is 1. The van der Waals surface area contributed by atoms with Crippen LogP contribution in [0.1, 0.15) is 22.5 Å². The SMILES string of the molecule is COc1ccc(C)cc1CN1CCOC(Cn2nc(C)cc2C)C1. The molecule has 2 aromatic rings. The van der Waals surface area contributed by atoms with Crippen molar-refractivity contribution >= 4 is 0 Å². The molecule has 1 fully saturated rings. The minimum Gasteiger partial charge on any atom is -0.496 e. The Morgan fingerprint density at radius 3 is 2.79 bits per heavy atom. The lowest BCUT2D eigenvalue weighted by Gasteiger charge is -2.33. The van der Waals surface area contributed by atoms with Gasteiger partial charge in [0.2, 0.25) is 0 Å². The molecule has 130 valence electrons. The van der Waals surface area contributed by atoms with Crippen molar-refractivity contribution in [3.05, 3.63) is 46.8 Å². The molecule has 1 unspecified atom stereocenters. The van der Waals surface area contributed by atoms with Crippen LogP contribution in [0.3, 0.4) is 0 Å². The molecule has 1 aliphatic rings. The predicted octanol–water partition coefficient (Wildman–Crippen LogP) is 2.72. The zero-order valence-electron chi connectivity index (χ0n) is 15.1. The van der Waals surface area contributed by atoms with Gasteiger partial charge in [0.15, 0.2) is 0 Å².